The molecule has 2 aromatic rings. The number of nitrogens with one attached hydrogen (secondary N) is 1. The Kier molecular flexibility index (Phi) is 6.41. The number of aromatic nitrogens is 2. The highest BCUT2D eigenvalue weighted by Crippen LogP contribution is 2.31. The summed E-state index contributed by atoms with van der Waals surface area (Å²) in [6, 6.07) is 7.70. The fraction of sp³-hybridized carbons (Fsp3) is 0.444. The average molecular weight is 346 g/mol. The van der Waals surface area contributed by atoms with E-state index in [2.05, 4.69) is 10.4 Å². The highest BCUT2D eigenvalue weighted by molar-refractivity contribution is 5.91. The van der Waals surface area contributed by atoms with Crippen molar-refractivity contribution in [2.45, 2.75) is 26.4 Å². The van der Waals surface area contributed by atoms with Crippen LogP contribution in [0.4, 0.5) is 5.82 Å². The third-order valence-corrected chi connectivity index (χ3v) is 3.77. The summed E-state index contributed by atoms with van der Waals surface area (Å²) in [4.78, 5) is 14.2. The van der Waals surface area contributed by atoms with Crippen LogP contribution in [0, 0.1) is 0 Å². The average Bonchev–Trinajstić information content (AvgIpc) is 3.02. The van der Waals surface area contributed by atoms with Gasteiger partial charge in [-0.3, -0.25) is 9.69 Å². The lowest BCUT2D eigenvalue weighted by molar-refractivity contribution is -0.117. The molecule has 0 aliphatic heterocycles. The normalized spacial score (nSPS) is 11.0. The van der Waals surface area contributed by atoms with E-state index < -0.39 is 0 Å². The molecule has 25 heavy (non-hydrogen) atoms. The fourth-order valence-corrected chi connectivity index (χ4v) is 2.68. The van der Waals surface area contributed by atoms with Gasteiger partial charge in [0.1, 0.15) is 5.82 Å². The van der Waals surface area contributed by atoms with Gasteiger partial charge in [0.05, 0.1) is 27.0 Å². The van der Waals surface area contributed by atoms with E-state index in [-0.39, 0.29) is 18.5 Å². The Labute approximate surface area is 148 Å². The molecule has 0 unspecified atom stereocenters. The Morgan fingerprint density at radius 3 is 2.68 bits per heavy atom. The molecule has 0 atom stereocenters. The van der Waals surface area contributed by atoms with E-state index in [1.807, 2.05) is 44.0 Å². The summed E-state index contributed by atoms with van der Waals surface area (Å²) in [5, 5.41) is 7.12. The maximum absolute atomic E-state index is 12.3. The van der Waals surface area contributed by atoms with Gasteiger partial charge in [0, 0.05) is 24.2 Å². The standard InChI is InChI=1S/C18H26N4O3/c1-13(2)22-16(9-10-19-22)20-17(23)12-21(3)11-14-7-6-8-15(24-4)18(14)25-5/h6-10,13H,11-12H2,1-5H3,(H,20,23). The minimum absolute atomic E-state index is 0.0910. The molecule has 7 heteroatoms. The minimum atomic E-state index is -0.0910. The summed E-state index contributed by atoms with van der Waals surface area (Å²) in [5.41, 5.74) is 0.962. The van der Waals surface area contributed by atoms with Crippen molar-refractivity contribution in [1.82, 2.24) is 14.7 Å². The van der Waals surface area contributed by atoms with E-state index in [1.165, 1.54) is 0 Å². The molecule has 2 rings (SSSR count). The molecule has 1 heterocycles. The van der Waals surface area contributed by atoms with Crippen molar-refractivity contribution in [3.05, 3.63) is 36.0 Å². The predicted molar refractivity (Wildman–Crippen MR) is 97.1 cm³/mol. The van der Waals surface area contributed by atoms with Gasteiger partial charge in [0.15, 0.2) is 11.5 Å². The zero-order valence-corrected chi connectivity index (χ0v) is 15.4. The monoisotopic (exact) mass is 346 g/mol. The maximum atomic E-state index is 12.3. The molecule has 1 aromatic heterocycles. The van der Waals surface area contributed by atoms with E-state index in [4.69, 9.17) is 9.47 Å². The number of hydrogen-bond donors (Lipinski definition) is 1. The van der Waals surface area contributed by atoms with Gasteiger partial charge in [-0.15, -0.1) is 0 Å². The van der Waals surface area contributed by atoms with Gasteiger partial charge in [-0.05, 0) is 27.0 Å². The number of amides is 1. The molecule has 1 N–H and O–H groups in total. The number of hydrogen-bond acceptors (Lipinski definition) is 5. The molecule has 1 amide bonds. The van der Waals surface area contributed by atoms with Crippen LogP contribution in [0.1, 0.15) is 25.5 Å². The van der Waals surface area contributed by atoms with Crippen molar-refractivity contribution in [2.75, 3.05) is 33.1 Å². The van der Waals surface area contributed by atoms with E-state index >= 15 is 0 Å². The second-order valence-corrected chi connectivity index (χ2v) is 6.13. The van der Waals surface area contributed by atoms with Crippen LogP contribution >= 0.6 is 0 Å². The number of nitrogens with zero attached hydrogens (tertiary/aromatic N) is 3. The quantitative estimate of drug-likeness (QED) is 0.795. The molecule has 1 aromatic carbocycles. The molecule has 7 nitrogen and oxygen atoms in total. The van der Waals surface area contributed by atoms with E-state index in [0.29, 0.717) is 23.9 Å². The summed E-state index contributed by atoms with van der Waals surface area (Å²) >= 11 is 0. The van der Waals surface area contributed by atoms with E-state index in [1.54, 1.807) is 31.2 Å². The summed E-state index contributed by atoms with van der Waals surface area (Å²) in [5.74, 6) is 1.98. The molecule has 136 valence electrons. The number of rotatable bonds is 8. The number of likely N-dealkylation sites (N-methyl/N-ethyl adjacent to an activating group) is 1. The van der Waals surface area contributed by atoms with Gasteiger partial charge in [-0.2, -0.15) is 5.10 Å². The molecule has 0 fully saturated rings. The third-order valence-electron chi connectivity index (χ3n) is 3.77. The fourth-order valence-electron chi connectivity index (χ4n) is 2.68. The summed E-state index contributed by atoms with van der Waals surface area (Å²) in [7, 11) is 5.11. The Balaban J connectivity index is 1.99. The van der Waals surface area contributed by atoms with Gasteiger partial charge in [0.25, 0.3) is 0 Å². The number of benzene rings is 1. The van der Waals surface area contributed by atoms with Gasteiger partial charge in [-0.1, -0.05) is 12.1 Å². The first-order valence-corrected chi connectivity index (χ1v) is 8.18. The molecule has 0 aliphatic rings. The van der Waals surface area contributed by atoms with Crippen molar-refractivity contribution < 1.29 is 14.3 Å². The molecular weight excluding hydrogens is 320 g/mol. The van der Waals surface area contributed by atoms with Crippen LogP contribution in [0.5, 0.6) is 11.5 Å². The van der Waals surface area contributed by atoms with Crippen molar-refractivity contribution in [3.8, 4) is 11.5 Å². The van der Waals surface area contributed by atoms with Crippen LogP contribution in [0.15, 0.2) is 30.5 Å². The van der Waals surface area contributed by atoms with Crippen molar-refractivity contribution in [3.63, 3.8) is 0 Å². The molecule has 0 saturated carbocycles. The van der Waals surface area contributed by atoms with Gasteiger partial charge in [0.2, 0.25) is 5.91 Å². The van der Waals surface area contributed by atoms with Crippen LogP contribution in [-0.2, 0) is 11.3 Å². The first-order chi connectivity index (χ1) is 12.0. The number of anilines is 1. The number of carbonyl (C=O) groups excluding carboxylic acids is 1. The number of para-hydroxylation sites is 1. The second kappa shape index (κ2) is 8.53. The van der Waals surface area contributed by atoms with Crippen LogP contribution < -0.4 is 14.8 Å². The number of ether oxygens (including phenoxy) is 2. The molecular formula is C18H26N4O3. The van der Waals surface area contributed by atoms with Gasteiger partial charge >= 0.3 is 0 Å². The molecule has 0 aliphatic carbocycles. The highest BCUT2D eigenvalue weighted by atomic mass is 16.5. The lowest BCUT2D eigenvalue weighted by Gasteiger charge is -2.19. The minimum Gasteiger partial charge on any atom is -0.493 e. The first-order valence-electron chi connectivity index (χ1n) is 8.18. The van der Waals surface area contributed by atoms with Crippen molar-refractivity contribution >= 4 is 11.7 Å². The Morgan fingerprint density at radius 2 is 2.04 bits per heavy atom. The molecule has 0 radical (unpaired) electrons. The Bertz CT molecular complexity index is 712. The number of carbonyl (C=O) groups is 1. The molecule has 0 spiro atoms. The lowest BCUT2D eigenvalue weighted by atomic mass is 10.1. The second-order valence-electron chi connectivity index (χ2n) is 6.13. The van der Waals surface area contributed by atoms with Crippen LogP contribution in [0.25, 0.3) is 0 Å². The van der Waals surface area contributed by atoms with E-state index in [9.17, 15) is 4.79 Å². The zero-order valence-electron chi connectivity index (χ0n) is 15.4. The Hall–Kier alpha value is -2.54. The first kappa shape index (κ1) is 18.8. The zero-order chi connectivity index (χ0) is 18.4. The van der Waals surface area contributed by atoms with Crippen molar-refractivity contribution in [1.29, 1.82) is 0 Å². The van der Waals surface area contributed by atoms with E-state index in [0.717, 1.165) is 5.56 Å². The summed E-state index contributed by atoms with van der Waals surface area (Å²) < 4.78 is 12.5. The Morgan fingerprint density at radius 1 is 1.28 bits per heavy atom. The molecule has 0 bridgehead atoms. The summed E-state index contributed by atoms with van der Waals surface area (Å²) in [6.45, 7) is 4.86. The molecule has 0 saturated heterocycles. The van der Waals surface area contributed by atoms with Crippen LogP contribution in [0.3, 0.4) is 0 Å². The maximum Gasteiger partial charge on any atom is 0.239 e. The summed E-state index contributed by atoms with van der Waals surface area (Å²) in [6.07, 6.45) is 1.68. The third kappa shape index (κ3) is 4.73. The largest absolute Gasteiger partial charge is 0.493 e. The highest BCUT2D eigenvalue weighted by Gasteiger charge is 2.15. The lowest BCUT2D eigenvalue weighted by Crippen LogP contribution is -2.30. The topological polar surface area (TPSA) is 68.6 Å². The number of methoxy groups -OCH3 is 2. The predicted octanol–water partition coefficient (Wildman–Crippen LogP) is 2.55. The van der Waals surface area contributed by atoms with Crippen molar-refractivity contribution in [2.24, 2.45) is 0 Å². The van der Waals surface area contributed by atoms with Gasteiger partial charge < -0.3 is 14.8 Å². The smallest absolute Gasteiger partial charge is 0.239 e. The van der Waals surface area contributed by atoms with Gasteiger partial charge in [-0.25, -0.2) is 4.68 Å². The van der Waals surface area contributed by atoms with Crippen LogP contribution in [-0.4, -0.2) is 48.4 Å². The SMILES string of the molecule is COc1cccc(CN(C)CC(=O)Nc2ccnn2C(C)C)c1OC. The van der Waals surface area contributed by atoms with Crippen LogP contribution in [0.2, 0.25) is 0 Å².